The van der Waals surface area contributed by atoms with E-state index in [0.29, 0.717) is 11.4 Å². The van der Waals surface area contributed by atoms with Crippen LogP contribution in [0, 0.1) is 0 Å². The average molecular weight is 331 g/mol. The zero-order chi connectivity index (χ0) is 15.6. The number of rotatable bonds is 5. The van der Waals surface area contributed by atoms with Gasteiger partial charge in [-0.3, -0.25) is 0 Å². The molecule has 1 heterocycles. The molecule has 0 aliphatic carbocycles. The molecule has 21 heavy (non-hydrogen) atoms. The summed E-state index contributed by atoms with van der Waals surface area (Å²) in [6, 6.07) is 5.87. The predicted octanol–water partition coefficient (Wildman–Crippen LogP) is 2.24. The van der Waals surface area contributed by atoms with Crippen molar-refractivity contribution in [2.75, 3.05) is 23.5 Å². The summed E-state index contributed by atoms with van der Waals surface area (Å²) in [4.78, 5) is 2.02. The van der Waals surface area contributed by atoms with Crippen LogP contribution in [0.15, 0.2) is 18.2 Å². The third-order valence-electron chi connectivity index (χ3n) is 4.19. The van der Waals surface area contributed by atoms with Crippen LogP contribution in [-0.4, -0.2) is 39.1 Å². The minimum absolute atomic E-state index is 0.00787. The molecule has 2 atom stereocenters. The lowest BCUT2D eigenvalue weighted by molar-refractivity contribution is 0.600. The summed E-state index contributed by atoms with van der Waals surface area (Å²) in [5, 5.41) is 0.655. The Morgan fingerprint density at radius 3 is 2.76 bits per heavy atom. The van der Waals surface area contributed by atoms with Crippen molar-refractivity contribution >= 4 is 27.1 Å². The molecule has 1 aromatic carbocycles. The summed E-state index contributed by atoms with van der Waals surface area (Å²) in [6.07, 6.45) is 2.30. The van der Waals surface area contributed by atoms with E-state index >= 15 is 0 Å². The number of hydrogen-bond donors (Lipinski definition) is 1. The molecule has 0 amide bonds. The molecule has 1 saturated heterocycles. The van der Waals surface area contributed by atoms with Crippen molar-refractivity contribution in [3.63, 3.8) is 0 Å². The van der Waals surface area contributed by atoms with Gasteiger partial charge < -0.3 is 10.6 Å². The number of anilines is 1. The maximum atomic E-state index is 11.7. The summed E-state index contributed by atoms with van der Waals surface area (Å²) >= 11 is 6.37. The fraction of sp³-hybridized carbons (Fsp3) is 0.600. The van der Waals surface area contributed by atoms with Crippen molar-refractivity contribution < 1.29 is 8.42 Å². The fourth-order valence-electron chi connectivity index (χ4n) is 2.81. The highest BCUT2D eigenvalue weighted by molar-refractivity contribution is 7.91. The van der Waals surface area contributed by atoms with Crippen LogP contribution in [0.4, 0.5) is 5.69 Å². The van der Waals surface area contributed by atoms with E-state index in [-0.39, 0.29) is 23.6 Å². The molecule has 1 aliphatic heterocycles. The highest BCUT2D eigenvalue weighted by Gasteiger charge is 2.32. The van der Waals surface area contributed by atoms with E-state index in [1.54, 1.807) is 0 Å². The van der Waals surface area contributed by atoms with Crippen molar-refractivity contribution in [2.45, 2.75) is 38.3 Å². The van der Waals surface area contributed by atoms with Gasteiger partial charge in [0.05, 0.1) is 22.2 Å². The lowest BCUT2D eigenvalue weighted by Crippen LogP contribution is -2.34. The maximum absolute atomic E-state index is 11.7. The van der Waals surface area contributed by atoms with Crippen LogP contribution < -0.4 is 10.6 Å². The van der Waals surface area contributed by atoms with E-state index in [2.05, 4.69) is 6.92 Å². The van der Waals surface area contributed by atoms with Gasteiger partial charge >= 0.3 is 0 Å². The minimum Gasteiger partial charge on any atom is -0.369 e. The Labute approximate surface area is 132 Å². The van der Waals surface area contributed by atoms with E-state index < -0.39 is 9.84 Å². The lowest BCUT2D eigenvalue weighted by Gasteiger charge is -2.29. The molecule has 1 fully saturated rings. The normalized spacial score (nSPS) is 22.2. The van der Waals surface area contributed by atoms with E-state index in [9.17, 15) is 8.42 Å². The Bertz CT molecular complexity index is 604. The quantitative estimate of drug-likeness (QED) is 0.899. The molecule has 4 nitrogen and oxygen atoms in total. The molecule has 0 radical (unpaired) electrons. The van der Waals surface area contributed by atoms with Crippen LogP contribution in [-0.2, 0) is 16.3 Å². The molecule has 1 aromatic rings. The first-order valence-corrected chi connectivity index (χ1v) is 9.50. The molecule has 2 rings (SSSR count). The van der Waals surface area contributed by atoms with E-state index in [1.807, 2.05) is 30.1 Å². The van der Waals surface area contributed by atoms with Crippen LogP contribution in [0.1, 0.15) is 25.3 Å². The Morgan fingerprint density at radius 1 is 1.48 bits per heavy atom. The van der Waals surface area contributed by atoms with Gasteiger partial charge in [0.1, 0.15) is 0 Å². The molecule has 6 heteroatoms. The number of nitrogens with two attached hydrogens (primary N) is 1. The summed E-state index contributed by atoms with van der Waals surface area (Å²) in [6.45, 7) is 2.06. The number of sulfone groups is 1. The summed E-state index contributed by atoms with van der Waals surface area (Å²) in [7, 11) is -0.987. The van der Waals surface area contributed by atoms with Gasteiger partial charge in [-0.05, 0) is 30.9 Å². The van der Waals surface area contributed by atoms with Gasteiger partial charge in [-0.2, -0.15) is 0 Å². The van der Waals surface area contributed by atoms with Gasteiger partial charge in [0.15, 0.2) is 9.84 Å². The van der Waals surface area contributed by atoms with Crippen LogP contribution in [0.2, 0.25) is 5.02 Å². The van der Waals surface area contributed by atoms with Gasteiger partial charge in [0.2, 0.25) is 0 Å². The molecule has 2 N–H and O–H groups in total. The first kappa shape index (κ1) is 16.6. The SMILES string of the molecule is CCC(N)Cc1cccc(Cl)c1N(C)C1CCS(=O)(=O)C1. The highest BCUT2D eigenvalue weighted by Crippen LogP contribution is 2.33. The van der Waals surface area contributed by atoms with E-state index in [1.165, 1.54) is 0 Å². The molecular formula is C15H23ClN2O2S. The Hall–Kier alpha value is -0.780. The van der Waals surface area contributed by atoms with Crippen LogP contribution in [0.3, 0.4) is 0 Å². The largest absolute Gasteiger partial charge is 0.369 e. The zero-order valence-corrected chi connectivity index (χ0v) is 14.1. The molecule has 0 bridgehead atoms. The van der Waals surface area contributed by atoms with E-state index in [0.717, 1.165) is 24.1 Å². The van der Waals surface area contributed by atoms with Gasteiger partial charge in [0.25, 0.3) is 0 Å². The molecule has 118 valence electrons. The number of nitrogens with zero attached hydrogens (tertiary/aromatic N) is 1. The number of hydrogen-bond acceptors (Lipinski definition) is 4. The molecule has 1 aliphatic rings. The average Bonchev–Trinajstić information content (AvgIpc) is 2.78. The third kappa shape index (κ3) is 3.90. The molecule has 0 aromatic heterocycles. The first-order valence-electron chi connectivity index (χ1n) is 7.30. The van der Waals surface area contributed by atoms with Crippen molar-refractivity contribution in [1.29, 1.82) is 0 Å². The number of halogens is 1. The molecule has 0 spiro atoms. The predicted molar refractivity (Wildman–Crippen MR) is 88.9 cm³/mol. The second-order valence-electron chi connectivity index (χ2n) is 5.79. The smallest absolute Gasteiger partial charge is 0.152 e. The summed E-state index contributed by atoms with van der Waals surface area (Å²) in [5.41, 5.74) is 8.07. The molecule has 2 unspecified atom stereocenters. The second kappa shape index (κ2) is 6.55. The number of para-hydroxylation sites is 1. The van der Waals surface area contributed by atoms with Gasteiger partial charge in [-0.1, -0.05) is 30.7 Å². The first-order chi connectivity index (χ1) is 9.84. The minimum atomic E-state index is -2.91. The topological polar surface area (TPSA) is 63.4 Å². The third-order valence-corrected chi connectivity index (χ3v) is 6.24. The summed E-state index contributed by atoms with van der Waals surface area (Å²) in [5.74, 6) is 0.463. The standard InChI is InChI=1S/C15H23ClN2O2S/c1-3-12(17)9-11-5-4-6-14(16)15(11)18(2)13-7-8-21(19,20)10-13/h4-6,12-13H,3,7-10,17H2,1-2H3. The lowest BCUT2D eigenvalue weighted by atomic mass is 10.0. The van der Waals surface area contributed by atoms with Gasteiger partial charge in [-0.15, -0.1) is 0 Å². The van der Waals surface area contributed by atoms with Crippen molar-refractivity contribution in [3.8, 4) is 0 Å². The fourth-order valence-corrected chi connectivity index (χ4v) is 4.91. The second-order valence-corrected chi connectivity index (χ2v) is 8.42. The molecular weight excluding hydrogens is 308 g/mol. The number of benzene rings is 1. The zero-order valence-electron chi connectivity index (χ0n) is 12.5. The molecule has 0 saturated carbocycles. The van der Waals surface area contributed by atoms with Gasteiger partial charge in [0, 0.05) is 19.1 Å². The van der Waals surface area contributed by atoms with Gasteiger partial charge in [-0.25, -0.2) is 8.42 Å². The Kier molecular flexibility index (Phi) is 5.17. The monoisotopic (exact) mass is 330 g/mol. The van der Waals surface area contributed by atoms with Crippen molar-refractivity contribution in [3.05, 3.63) is 28.8 Å². The maximum Gasteiger partial charge on any atom is 0.152 e. The van der Waals surface area contributed by atoms with E-state index in [4.69, 9.17) is 17.3 Å². The highest BCUT2D eigenvalue weighted by atomic mass is 35.5. The Balaban J connectivity index is 2.29. The van der Waals surface area contributed by atoms with Crippen LogP contribution in [0.5, 0.6) is 0 Å². The van der Waals surface area contributed by atoms with Crippen molar-refractivity contribution in [1.82, 2.24) is 0 Å². The Morgan fingerprint density at radius 2 is 2.19 bits per heavy atom. The van der Waals surface area contributed by atoms with Crippen LogP contribution in [0.25, 0.3) is 0 Å². The van der Waals surface area contributed by atoms with Crippen molar-refractivity contribution in [2.24, 2.45) is 5.73 Å². The summed E-state index contributed by atoms with van der Waals surface area (Å²) < 4.78 is 23.4. The van der Waals surface area contributed by atoms with Crippen LogP contribution >= 0.6 is 11.6 Å².